The Labute approximate surface area is 110 Å². The molecule has 19 heavy (non-hydrogen) atoms. The van der Waals surface area contributed by atoms with Gasteiger partial charge in [-0.15, -0.1) is 10.2 Å². The van der Waals surface area contributed by atoms with Gasteiger partial charge in [-0.2, -0.15) is 0 Å². The molecule has 0 saturated carbocycles. The van der Waals surface area contributed by atoms with Gasteiger partial charge in [-0.05, 0) is 31.0 Å². The van der Waals surface area contributed by atoms with Gasteiger partial charge >= 0.3 is 0 Å². The maximum absolute atomic E-state index is 11.6. The van der Waals surface area contributed by atoms with E-state index in [2.05, 4.69) is 15.5 Å². The molecule has 0 unspecified atom stereocenters. The van der Waals surface area contributed by atoms with Crippen LogP contribution in [-0.2, 0) is 4.79 Å². The summed E-state index contributed by atoms with van der Waals surface area (Å²) >= 11 is 0. The van der Waals surface area contributed by atoms with Crippen molar-refractivity contribution in [2.24, 2.45) is 0 Å². The van der Waals surface area contributed by atoms with E-state index in [1.165, 1.54) is 6.39 Å². The van der Waals surface area contributed by atoms with Crippen LogP contribution in [0.2, 0.25) is 0 Å². The van der Waals surface area contributed by atoms with E-state index in [0.717, 1.165) is 11.1 Å². The zero-order valence-corrected chi connectivity index (χ0v) is 10.6. The highest BCUT2D eigenvalue weighted by molar-refractivity contribution is 5.92. The van der Waals surface area contributed by atoms with E-state index in [9.17, 15) is 4.79 Å². The predicted molar refractivity (Wildman–Crippen MR) is 69.4 cm³/mol. The van der Waals surface area contributed by atoms with E-state index in [1.54, 1.807) is 6.07 Å². The number of aliphatic hydroxyl groups is 1. The summed E-state index contributed by atoms with van der Waals surface area (Å²) in [4.78, 5) is 11.6. The highest BCUT2D eigenvalue weighted by Gasteiger charge is 2.09. The van der Waals surface area contributed by atoms with E-state index in [0.29, 0.717) is 24.4 Å². The molecule has 1 amide bonds. The van der Waals surface area contributed by atoms with E-state index in [4.69, 9.17) is 9.52 Å². The van der Waals surface area contributed by atoms with Crippen molar-refractivity contribution in [3.8, 4) is 11.5 Å². The van der Waals surface area contributed by atoms with E-state index >= 15 is 0 Å². The summed E-state index contributed by atoms with van der Waals surface area (Å²) in [5, 5.41) is 18.9. The summed E-state index contributed by atoms with van der Waals surface area (Å²) in [7, 11) is 0. The number of hydrogen-bond acceptors (Lipinski definition) is 5. The number of nitrogens with one attached hydrogen (secondary N) is 1. The normalized spacial score (nSPS) is 10.4. The molecule has 0 aliphatic heterocycles. The molecule has 0 radical (unpaired) electrons. The fourth-order valence-corrected chi connectivity index (χ4v) is 1.64. The van der Waals surface area contributed by atoms with E-state index < -0.39 is 0 Å². The van der Waals surface area contributed by atoms with Gasteiger partial charge in [0, 0.05) is 24.3 Å². The summed E-state index contributed by atoms with van der Waals surface area (Å²) in [5.41, 5.74) is 2.40. The number of amides is 1. The molecule has 0 fully saturated rings. The average Bonchev–Trinajstić information content (AvgIpc) is 2.93. The van der Waals surface area contributed by atoms with Crippen LogP contribution in [0.5, 0.6) is 0 Å². The minimum absolute atomic E-state index is 0.00836. The van der Waals surface area contributed by atoms with E-state index in [-0.39, 0.29) is 12.5 Å². The predicted octanol–water partition coefficient (Wildman–Crippen LogP) is 1.76. The van der Waals surface area contributed by atoms with Crippen molar-refractivity contribution < 1.29 is 14.3 Å². The minimum Gasteiger partial charge on any atom is -0.423 e. The average molecular weight is 261 g/mol. The summed E-state index contributed by atoms with van der Waals surface area (Å²) in [6, 6.07) is 5.52. The molecule has 6 nitrogen and oxygen atoms in total. The van der Waals surface area contributed by atoms with Crippen LogP contribution >= 0.6 is 0 Å². The third-order valence-corrected chi connectivity index (χ3v) is 2.68. The van der Waals surface area contributed by atoms with Gasteiger partial charge in [0.25, 0.3) is 0 Å². The first-order chi connectivity index (χ1) is 9.20. The molecular weight excluding hydrogens is 246 g/mol. The number of aryl methyl sites for hydroxylation is 1. The number of aromatic nitrogens is 2. The first kappa shape index (κ1) is 13.2. The van der Waals surface area contributed by atoms with Gasteiger partial charge in [0.15, 0.2) is 0 Å². The highest BCUT2D eigenvalue weighted by atomic mass is 16.4. The number of carbonyl (C=O) groups is 1. The third kappa shape index (κ3) is 3.38. The Morgan fingerprint density at radius 1 is 1.47 bits per heavy atom. The molecule has 0 saturated heterocycles. The molecule has 6 heteroatoms. The van der Waals surface area contributed by atoms with Gasteiger partial charge in [-0.3, -0.25) is 4.79 Å². The van der Waals surface area contributed by atoms with Gasteiger partial charge in [-0.25, -0.2) is 0 Å². The first-order valence-corrected chi connectivity index (χ1v) is 5.98. The molecule has 0 bridgehead atoms. The standard InChI is InChI=1S/C13H15N3O3/c1-9-4-5-10(13-16-14-8-19-13)7-11(9)15-12(18)3-2-6-17/h4-5,7-8,17H,2-3,6H2,1H3,(H,15,18). The SMILES string of the molecule is Cc1ccc(-c2nnco2)cc1NC(=O)CCCO. The van der Waals surface area contributed by atoms with Gasteiger partial charge < -0.3 is 14.8 Å². The van der Waals surface area contributed by atoms with Crippen LogP contribution < -0.4 is 5.32 Å². The number of rotatable bonds is 5. The number of hydrogen-bond donors (Lipinski definition) is 2. The second-order valence-electron chi connectivity index (χ2n) is 4.15. The Balaban J connectivity index is 2.16. The molecule has 0 spiro atoms. The number of carbonyl (C=O) groups excluding carboxylic acids is 1. The molecule has 1 heterocycles. The van der Waals surface area contributed by atoms with Crippen molar-refractivity contribution >= 4 is 11.6 Å². The Bertz CT molecular complexity index is 552. The minimum atomic E-state index is -0.125. The number of aliphatic hydroxyl groups excluding tert-OH is 1. The van der Waals surface area contributed by atoms with Crippen LogP contribution in [0.15, 0.2) is 29.0 Å². The number of anilines is 1. The molecule has 0 aliphatic rings. The van der Waals surface area contributed by atoms with Crippen LogP contribution in [0.4, 0.5) is 5.69 Å². The lowest BCUT2D eigenvalue weighted by Crippen LogP contribution is -2.12. The summed E-state index contributed by atoms with van der Waals surface area (Å²) < 4.78 is 5.12. The lowest BCUT2D eigenvalue weighted by molar-refractivity contribution is -0.116. The van der Waals surface area contributed by atoms with Crippen LogP contribution in [0, 0.1) is 6.92 Å². The number of benzene rings is 1. The van der Waals surface area contributed by atoms with Crippen LogP contribution in [0.1, 0.15) is 18.4 Å². The molecular formula is C13H15N3O3. The van der Waals surface area contributed by atoms with Gasteiger partial charge in [0.2, 0.25) is 18.2 Å². The zero-order chi connectivity index (χ0) is 13.7. The first-order valence-electron chi connectivity index (χ1n) is 5.98. The van der Waals surface area contributed by atoms with Crippen LogP contribution in [0.25, 0.3) is 11.5 Å². The van der Waals surface area contributed by atoms with Gasteiger partial charge in [0.1, 0.15) is 0 Å². The topological polar surface area (TPSA) is 88.3 Å². The Morgan fingerprint density at radius 3 is 3.00 bits per heavy atom. The molecule has 1 aromatic heterocycles. The third-order valence-electron chi connectivity index (χ3n) is 2.68. The summed E-state index contributed by atoms with van der Waals surface area (Å²) in [6.07, 6.45) is 2.00. The van der Waals surface area contributed by atoms with Crippen molar-refractivity contribution in [1.82, 2.24) is 10.2 Å². The maximum Gasteiger partial charge on any atom is 0.247 e. The second-order valence-corrected chi connectivity index (χ2v) is 4.15. The molecule has 1 aromatic carbocycles. The zero-order valence-electron chi connectivity index (χ0n) is 10.6. The summed E-state index contributed by atoms with van der Waals surface area (Å²) in [6.45, 7) is 1.91. The van der Waals surface area contributed by atoms with Crippen molar-refractivity contribution in [3.05, 3.63) is 30.2 Å². The smallest absolute Gasteiger partial charge is 0.247 e. The van der Waals surface area contributed by atoms with Gasteiger partial charge in [-0.1, -0.05) is 6.07 Å². The molecule has 2 N–H and O–H groups in total. The van der Waals surface area contributed by atoms with Gasteiger partial charge in [0.05, 0.1) is 0 Å². The fourth-order valence-electron chi connectivity index (χ4n) is 1.64. The van der Waals surface area contributed by atoms with Crippen molar-refractivity contribution in [2.75, 3.05) is 11.9 Å². The Kier molecular flexibility index (Phi) is 4.25. The van der Waals surface area contributed by atoms with Crippen molar-refractivity contribution in [3.63, 3.8) is 0 Å². The van der Waals surface area contributed by atoms with Crippen molar-refractivity contribution in [2.45, 2.75) is 19.8 Å². The lowest BCUT2D eigenvalue weighted by Gasteiger charge is -2.09. The Morgan fingerprint density at radius 2 is 2.32 bits per heavy atom. The fraction of sp³-hybridized carbons (Fsp3) is 0.308. The number of nitrogens with zero attached hydrogens (tertiary/aromatic N) is 2. The van der Waals surface area contributed by atoms with Crippen molar-refractivity contribution in [1.29, 1.82) is 0 Å². The van der Waals surface area contributed by atoms with Crippen LogP contribution in [-0.4, -0.2) is 27.8 Å². The molecule has 0 atom stereocenters. The summed E-state index contributed by atoms with van der Waals surface area (Å²) in [5.74, 6) is 0.283. The maximum atomic E-state index is 11.6. The molecule has 2 rings (SSSR count). The molecule has 100 valence electrons. The van der Waals surface area contributed by atoms with E-state index in [1.807, 2.05) is 19.1 Å². The second kappa shape index (κ2) is 6.10. The molecule has 2 aromatic rings. The lowest BCUT2D eigenvalue weighted by atomic mass is 10.1. The monoisotopic (exact) mass is 261 g/mol. The van der Waals surface area contributed by atoms with Crippen LogP contribution in [0.3, 0.4) is 0 Å². The highest BCUT2D eigenvalue weighted by Crippen LogP contribution is 2.23. The molecule has 0 aliphatic carbocycles. The largest absolute Gasteiger partial charge is 0.423 e. The quantitative estimate of drug-likeness (QED) is 0.856. The Hall–Kier alpha value is -2.21.